The van der Waals surface area contributed by atoms with Crippen LogP contribution in [0.5, 0.6) is 0 Å². The highest BCUT2D eigenvalue weighted by Crippen LogP contribution is 2.18. The van der Waals surface area contributed by atoms with E-state index in [1.165, 1.54) is 6.08 Å². The number of aryl methyl sites for hydroxylation is 1. The third kappa shape index (κ3) is 3.79. The molecule has 0 unspecified atom stereocenters. The molecule has 3 aromatic heterocycles. The standard InChI is InChI=1S/C15H12ClN7O/c1-9-6-18-19-8-11(9)14-21-15(23-22-14)20-13(24)5-3-10-2-4-12(16)17-7-10/h2-8H,1H3,(H2,20,21,22,23,24). The number of carbonyl (C=O) groups is 1. The maximum Gasteiger partial charge on any atom is 0.250 e. The molecule has 0 aliphatic carbocycles. The zero-order chi connectivity index (χ0) is 16.9. The van der Waals surface area contributed by atoms with Gasteiger partial charge in [0.15, 0.2) is 5.82 Å². The Morgan fingerprint density at radius 3 is 2.83 bits per heavy atom. The van der Waals surface area contributed by atoms with E-state index in [-0.39, 0.29) is 11.9 Å². The summed E-state index contributed by atoms with van der Waals surface area (Å²) in [6.45, 7) is 1.88. The molecule has 0 fully saturated rings. The fourth-order valence-corrected chi connectivity index (χ4v) is 1.99. The van der Waals surface area contributed by atoms with Gasteiger partial charge in [0, 0.05) is 17.8 Å². The molecule has 3 heterocycles. The van der Waals surface area contributed by atoms with Crippen LogP contribution in [0, 0.1) is 6.92 Å². The normalized spacial score (nSPS) is 10.9. The fraction of sp³-hybridized carbons (Fsp3) is 0.0667. The van der Waals surface area contributed by atoms with Crippen LogP contribution in [0.15, 0.2) is 36.8 Å². The summed E-state index contributed by atoms with van der Waals surface area (Å²) in [4.78, 5) is 20.1. The molecule has 0 aromatic carbocycles. The lowest BCUT2D eigenvalue weighted by atomic mass is 10.2. The quantitative estimate of drug-likeness (QED) is 0.556. The molecule has 0 saturated heterocycles. The summed E-state index contributed by atoms with van der Waals surface area (Å²) in [6.07, 6.45) is 7.74. The lowest BCUT2D eigenvalue weighted by Gasteiger charge is -1.98. The molecule has 0 atom stereocenters. The van der Waals surface area contributed by atoms with Gasteiger partial charge in [-0.25, -0.2) is 4.98 Å². The van der Waals surface area contributed by atoms with Crippen LogP contribution in [0.3, 0.4) is 0 Å². The Balaban J connectivity index is 1.67. The number of aromatic amines is 1. The van der Waals surface area contributed by atoms with Crippen molar-refractivity contribution in [3.63, 3.8) is 0 Å². The van der Waals surface area contributed by atoms with Crippen LogP contribution in [0.4, 0.5) is 5.95 Å². The minimum Gasteiger partial charge on any atom is -0.290 e. The van der Waals surface area contributed by atoms with Crippen LogP contribution in [-0.4, -0.2) is 36.3 Å². The zero-order valence-electron chi connectivity index (χ0n) is 12.6. The molecule has 8 nitrogen and oxygen atoms in total. The van der Waals surface area contributed by atoms with E-state index in [0.29, 0.717) is 11.0 Å². The van der Waals surface area contributed by atoms with Crippen molar-refractivity contribution in [2.75, 3.05) is 5.32 Å². The summed E-state index contributed by atoms with van der Waals surface area (Å²) in [7, 11) is 0. The number of H-pyrrole nitrogens is 1. The lowest BCUT2D eigenvalue weighted by molar-refractivity contribution is -0.111. The third-order valence-corrected chi connectivity index (χ3v) is 3.31. The Kier molecular flexibility index (Phi) is 4.57. The van der Waals surface area contributed by atoms with E-state index in [0.717, 1.165) is 16.7 Å². The van der Waals surface area contributed by atoms with Gasteiger partial charge in [0.1, 0.15) is 5.15 Å². The van der Waals surface area contributed by atoms with E-state index < -0.39 is 0 Å². The van der Waals surface area contributed by atoms with Gasteiger partial charge in [-0.05, 0) is 30.2 Å². The highest BCUT2D eigenvalue weighted by molar-refractivity contribution is 6.29. The monoisotopic (exact) mass is 341 g/mol. The molecule has 2 N–H and O–H groups in total. The predicted octanol–water partition coefficient (Wildman–Crippen LogP) is 2.27. The van der Waals surface area contributed by atoms with Crippen molar-refractivity contribution < 1.29 is 4.79 Å². The Hall–Kier alpha value is -3.13. The van der Waals surface area contributed by atoms with Crippen LogP contribution in [0.2, 0.25) is 5.15 Å². The zero-order valence-corrected chi connectivity index (χ0v) is 13.3. The number of hydrogen-bond donors (Lipinski definition) is 2. The molecular formula is C15H12ClN7O. The van der Waals surface area contributed by atoms with Crippen molar-refractivity contribution >= 4 is 29.5 Å². The van der Waals surface area contributed by atoms with Crippen molar-refractivity contribution in [2.24, 2.45) is 0 Å². The summed E-state index contributed by atoms with van der Waals surface area (Å²) in [5, 5.41) is 17.3. The van der Waals surface area contributed by atoms with E-state index in [2.05, 4.69) is 35.7 Å². The minimum atomic E-state index is -0.361. The second kappa shape index (κ2) is 6.97. The van der Waals surface area contributed by atoms with Crippen LogP contribution in [-0.2, 0) is 4.79 Å². The first kappa shape index (κ1) is 15.8. The molecule has 120 valence electrons. The molecule has 0 bridgehead atoms. The number of nitrogens with zero attached hydrogens (tertiary/aromatic N) is 5. The third-order valence-electron chi connectivity index (χ3n) is 3.08. The SMILES string of the molecule is Cc1cnncc1-c1nc(NC(=O)C=Cc2ccc(Cl)nc2)n[nH]1. The molecule has 3 aromatic rings. The van der Waals surface area contributed by atoms with Gasteiger partial charge in [-0.1, -0.05) is 17.7 Å². The van der Waals surface area contributed by atoms with Crippen molar-refractivity contribution in [3.8, 4) is 11.4 Å². The first-order chi connectivity index (χ1) is 11.6. The first-order valence-electron chi connectivity index (χ1n) is 6.92. The van der Waals surface area contributed by atoms with E-state index in [9.17, 15) is 4.79 Å². The summed E-state index contributed by atoms with van der Waals surface area (Å²) in [5.74, 6) is 0.314. The van der Waals surface area contributed by atoms with Gasteiger partial charge in [-0.2, -0.15) is 15.2 Å². The second-order valence-corrected chi connectivity index (χ2v) is 5.22. The molecule has 1 amide bonds. The molecule has 24 heavy (non-hydrogen) atoms. The minimum absolute atomic E-state index is 0.171. The van der Waals surface area contributed by atoms with Crippen molar-refractivity contribution in [1.82, 2.24) is 30.4 Å². The first-order valence-corrected chi connectivity index (χ1v) is 7.30. The Morgan fingerprint density at radius 2 is 2.08 bits per heavy atom. The molecular weight excluding hydrogens is 330 g/mol. The molecule has 0 radical (unpaired) electrons. The molecule has 0 spiro atoms. The molecule has 9 heteroatoms. The summed E-state index contributed by atoms with van der Waals surface area (Å²) in [5.41, 5.74) is 2.42. The molecule has 0 saturated carbocycles. The number of anilines is 1. The van der Waals surface area contributed by atoms with Crippen LogP contribution >= 0.6 is 11.6 Å². The van der Waals surface area contributed by atoms with E-state index in [1.807, 2.05) is 6.92 Å². The maximum absolute atomic E-state index is 11.9. The van der Waals surface area contributed by atoms with Crippen molar-refractivity contribution in [2.45, 2.75) is 6.92 Å². The Morgan fingerprint density at radius 1 is 1.25 bits per heavy atom. The van der Waals surface area contributed by atoms with Gasteiger partial charge in [-0.15, -0.1) is 5.10 Å². The van der Waals surface area contributed by atoms with Gasteiger partial charge in [0.25, 0.3) is 5.91 Å². The van der Waals surface area contributed by atoms with Crippen molar-refractivity contribution in [1.29, 1.82) is 0 Å². The number of carbonyl (C=O) groups excluding carboxylic acids is 1. The van der Waals surface area contributed by atoms with E-state index >= 15 is 0 Å². The number of nitrogens with one attached hydrogen (secondary N) is 2. The predicted molar refractivity (Wildman–Crippen MR) is 89.1 cm³/mol. The molecule has 0 aliphatic rings. The van der Waals surface area contributed by atoms with Crippen molar-refractivity contribution in [3.05, 3.63) is 53.1 Å². The molecule has 0 aliphatic heterocycles. The highest BCUT2D eigenvalue weighted by Gasteiger charge is 2.09. The fourth-order valence-electron chi connectivity index (χ4n) is 1.88. The largest absolute Gasteiger partial charge is 0.290 e. The Labute approximate surface area is 142 Å². The highest BCUT2D eigenvalue weighted by atomic mass is 35.5. The van der Waals surface area contributed by atoms with Gasteiger partial charge >= 0.3 is 0 Å². The summed E-state index contributed by atoms with van der Waals surface area (Å²) in [6, 6.07) is 3.40. The van der Waals surface area contributed by atoms with Gasteiger partial charge in [-0.3, -0.25) is 15.2 Å². The second-order valence-electron chi connectivity index (χ2n) is 4.83. The summed E-state index contributed by atoms with van der Waals surface area (Å²) >= 11 is 5.70. The van der Waals surface area contributed by atoms with E-state index in [1.54, 1.807) is 36.8 Å². The average Bonchev–Trinajstić information content (AvgIpc) is 3.03. The number of halogens is 1. The molecule has 3 rings (SSSR count). The number of amides is 1. The number of hydrogen-bond acceptors (Lipinski definition) is 6. The Bertz CT molecular complexity index is 889. The lowest BCUT2D eigenvalue weighted by Crippen LogP contribution is -2.09. The van der Waals surface area contributed by atoms with Crippen LogP contribution in [0.1, 0.15) is 11.1 Å². The topological polar surface area (TPSA) is 109 Å². The van der Waals surface area contributed by atoms with Gasteiger partial charge in [0.2, 0.25) is 5.95 Å². The van der Waals surface area contributed by atoms with Gasteiger partial charge < -0.3 is 0 Å². The van der Waals surface area contributed by atoms with Crippen LogP contribution < -0.4 is 5.32 Å². The van der Waals surface area contributed by atoms with Gasteiger partial charge in [0.05, 0.1) is 12.4 Å². The average molecular weight is 342 g/mol. The van der Waals surface area contributed by atoms with Crippen LogP contribution in [0.25, 0.3) is 17.5 Å². The summed E-state index contributed by atoms with van der Waals surface area (Å²) < 4.78 is 0. The van der Waals surface area contributed by atoms with E-state index in [4.69, 9.17) is 11.6 Å². The smallest absolute Gasteiger partial charge is 0.250 e. The number of aromatic nitrogens is 6. The number of rotatable bonds is 4. The maximum atomic E-state index is 11.9. The number of pyridine rings is 1.